The quantitative estimate of drug-likeness (QED) is 0.668. The normalized spacial score (nSPS) is 40.2. The topological polar surface area (TPSA) is 24.5 Å². The minimum absolute atomic E-state index is 0.115. The second-order valence-corrected chi connectivity index (χ2v) is 4.62. The minimum atomic E-state index is 0.115. The summed E-state index contributed by atoms with van der Waals surface area (Å²) in [5.41, 5.74) is 0.115. The van der Waals surface area contributed by atoms with Crippen LogP contribution in [0.2, 0.25) is 0 Å². The molecule has 2 rings (SSSR count). The van der Waals surface area contributed by atoms with Crippen molar-refractivity contribution in [3.05, 3.63) is 0 Å². The molecule has 0 aromatic rings. The summed E-state index contributed by atoms with van der Waals surface area (Å²) < 4.78 is 5.70. The van der Waals surface area contributed by atoms with Crippen molar-refractivity contribution in [3.8, 4) is 0 Å². The summed E-state index contributed by atoms with van der Waals surface area (Å²) in [6.07, 6.45) is 0. The molecule has 76 valence electrons. The summed E-state index contributed by atoms with van der Waals surface area (Å²) in [4.78, 5) is 2.52. The molecule has 0 spiro atoms. The predicted octanol–water partition coefficient (Wildman–Crippen LogP) is 0.315. The number of ether oxygens (including phenoxy) is 1. The van der Waals surface area contributed by atoms with Crippen LogP contribution in [0.3, 0.4) is 0 Å². The van der Waals surface area contributed by atoms with E-state index in [4.69, 9.17) is 4.74 Å². The van der Waals surface area contributed by atoms with Gasteiger partial charge >= 0.3 is 0 Å². The van der Waals surface area contributed by atoms with Crippen molar-refractivity contribution in [1.29, 1.82) is 0 Å². The van der Waals surface area contributed by atoms with Crippen LogP contribution in [0.15, 0.2) is 0 Å². The van der Waals surface area contributed by atoms with Gasteiger partial charge in [-0.15, -0.1) is 0 Å². The highest BCUT2D eigenvalue weighted by molar-refractivity contribution is 5.05. The van der Waals surface area contributed by atoms with E-state index in [-0.39, 0.29) is 5.60 Å². The van der Waals surface area contributed by atoms with Gasteiger partial charge in [0.15, 0.2) is 0 Å². The Balaban J connectivity index is 2.09. The molecule has 0 saturated carbocycles. The van der Waals surface area contributed by atoms with Crippen LogP contribution < -0.4 is 5.32 Å². The number of fused-ring (bicyclic) bond motifs is 1. The van der Waals surface area contributed by atoms with Gasteiger partial charge in [-0.25, -0.2) is 0 Å². The lowest BCUT2D eigenvalue weighted by Crippen LogP contribution is -2.42. The highest BCUT2D eigenvalue weighted by Gasteiger charge is 2.50. The summed E-state index contributed by atoms with van der Waals surface area (Å²) in [6, 6.07) is 0.651. The van der Waals surface area contributed by atoms with E-state index >= 15 is 0 Å². The molecule has 0 aromatic heterocycles. The molecular weight excluding hydrogens is 164 g/mol. The lowest BCUT2D eigenvalue weighted by atomic mass is 9.95. The maximum absolute atomic E-state index is 5.70. The maximum atomic E-state index is 5.70. The van der Waals surface area contributed by atoms with Crippen LogP contribution in [0.1, 0.15) is 13.8 Å². The molecule has 2 atom stereocenters. The van der Waals surface area contributed by atoms with Gasteiger partial charge in [0, 0.05) is 45.2 Å². The Kier molecular flexibility index (Phi) is 2.34. The summed E-state index contributed by atoms with van der Waals surface area (Å²) in [5.74, 6) is 0.694. The van der Waals surface area contributed by atoms with Gasteiger partial charge < -0.3 is 10.1 Å². The number of hydrogen-bond donors (Lipinski definition) is 1. The number of likely N-dealkylation sites (tertiary alicyclic amines) is 1. The van der Waals surface area contributed by atoms with Crippen LogP contribution in [0.5, 0.6) is 0 Å². The van der Waals surface area contributed by atoms with Gasteiger partial charge in [-0.3, -0.25) is 4.90 Å². The average Bonchev–Trinajstić information content (AvgIpc) is 2.58. The highest BCUT2D eigenvalue weighted by Crippen LogP contribution is 2.34. The van der Waals surface area contributed by atoms with Crippen LogP contribution in [-0.4, -0.2) is 49.8 Å². The number of nitrogens with zero attached hydrogens (tertiary/aromatic N) is 1. The smallest absolute Gasteiger partial charge is 0.0980 e. The summed E-state index contributed by atoms with van der Waals surface area (Å²) in [7, 11) is 1.85. The van der Waals surface area contributed by atoms with Gasteiger partial charge in [-0.2, -0.15) is 0 Å². The van der Waals surface area contributed by atoms with Crippen LogP contribution in [0.4, 0.5) is 0 Å². The van der Waals surface area contributed by atoms with Crippen molar-refractivity contribution in [2.75, 3.05) is 33.3 Å². The van der Waals surface area contributed by atoms with E-state index in [1.165, 1.54) is 6.54 Å². The maximum Gasteiger partial charge on any atom is 0.0980 e. The third-order valence-corrected chi connectivity index (χ3v) is 3.62. The van der Waals surface area contributed by atoms with E-state index < -0.39 is 0 Å². The molecule has 2 unspecified atom stereocenters. The summed E-state index contributed by atoms with van der Waals surface area (Å²) >= 11 is 0. The van der Waals surface area contributed by atoms with Crippen LogP contribution in [0, 0.1) is 5.92 Å². The first-order chi connectivity index (χ1) is 6.18. The summed E-state index contributed by atoms with van der Waals surface area (Å²) in [6.45, 7) is 8.96. The lowest BCUT2D eigenvalue weighted by Gasteiger charge is -2.27. The first-order valence-electron chi connectivity index (χ1n) is 5.18. The second kappa shape index (κ2) is 3.23. The van der Waals surface area contributed by atoms with Crippen molar-refractivity contribution in [3.63, 3.8) is 0 Å². The van der Waals surface area contributed by atoms with E-state index in [9.17, 15) is 0 Å². The van der Waals surface area contributed by atoms with Crippen molar-refractivity contribution >= 4 is 0 Å². The summed E-state index contributed by atoms with van der Waals surface area (Å²) in [5, 5.41) is 3.42. The monoisotopic (exact) mass is 184 g/mol. The highest BCUT2D eigenvalue weighted by atomic mass is 16.5. The number of nitrogens with one attached hydrogen (secondary N) is 1. The van der Waals surface area contributed by atoms with Gasteiger partial charge in [0.05, 0.1) is 5.60 Å². The first kappa shape index (κ1) is 9.44. The number of methoxy groups -OCH3 is 1. The molecule has 0 radical (unpaired) electrons. The molecule has 2 aliphatic rings. The van der Waals surface area contributed by atoms with Crippen molar-refractivity contribution < 1.29 is 4.74 Å². The molecule has 2 heterocycles. The Bertz CT molecular complexity index is 195. The fraction of sp³-hybridized carbons (Fsp3) is 1.00. The Labute approximate surface area is 80.4 Å². The molecule has 1 N–H and O–H groups in total. The van der Waals surface area contributed by atoms with Crippen LogP contribution in [-0.2, 0) is 4.74 Å². The Hall–Kier alpha value is -0.120. The fourth-order valence-corrected chi connectivity index (χ4v) is 2.59. The molecule has 0 aromatic carbocycles. The van der Waals surface area contributed by atoms with Gasteiger partial charge in [-0.1, -0.05) is 0 Å². The predicted molar refractivity (Wildman–Crippen MR) is 52.8 cm³/mol. The Morgan fingerprint density at radius 3 is 2.85 bits per heavy atom. The van der Waals surface area contributed by atoms with E-state index in [0.717, 1.165) is 19.6 Å². The van der Waals surface area contributed by atoms with E-state index in [1.807, 2.05) is 7.11 Å². The second-order valence-electron chi connectivity index (χ2n) is 4.62. The van der Waals surface area contributed by atoms with E-state index in [1.54, 1.807) is 0 Å². The zero-order valence-electron chi connectivity index (χ0n) is 8.84. The van der Waals surface area contributed by atoms with E-state index in [0.29, 0.717) is 12.0 Å². The molecule has 0 bridgehead atoms. The molecular formula is C10H20N2O. The largest absolute Gasteiger partial charge is 0.375 e. The molecule has 13 heavy (non-hydrogen) atoms. The molecule has 0 aliphatic carbocycles. The zero-order chi connectivity index (χ0) is 9.47. The minimum Gasteiger partial charge on any atom is -0.375 e. The molecule has 2 saturated heterocycles. The number of hydrogen-bond acceptors (Lipinski definition) is 3. The van der Waals surface area contributed by atoms with Gasteiger partial charge in [0.2, 0.25) is 0 Å². The molecule has 3 heteroatoms. The fourth-order valence-electron chi connectivity index (χ4n) is 2.59. The zero-order valence-corrected chi connectivity index (χ0v) is 8.84. The van der Waals surface area contributed by atoms with Gasteiger partial charge in [0.25, 0.3) is 0 Å². The number of rotatable bonds is 2. The third kappa shape index (κ3) is 1.39. The Morgan fingerprint density at radius 1 is 1.54 bits per heavy atom. The molecule has 3 nitrogen and oxygen atoms in total. The first-order valence-corrected chi connectivity index (χ1v) is 5.18. The van der Waals surface area contributed by atoms with Gasteiger partial charge in [0.1, 0.15) is 0 Å². The van der Waals surface area contributed by atoms with Gasteiger partial charge in [-0.05, 0) is 13.8 Å². The SMILES string of the molecule is COC12CNCC1CN(C(C)C)C2. The standard InChI is InChI=1S/C10H20N2O/c1-8(2)12-5-9-4-11-6-10(9,7-12)13-3/h8-9,11H,4-7H2,1-3H3. The molecule has 0 amide bonds. The lowest BCUT2D eigenvalue weighted by molar-refractivity contribution is -0.00727. The average molecular weight is 184 g/mol. The third-order valence-electron chi connectivity index (χ3n) is 3.62. The van der Waals surface area contributed by atoms with Crippen molar-refractivity contribution in [2.45, 2.75) is 25.5 Å². The van der Waals surface area contributed by atoms with Crippen molar-refractivity contribution in [2.24, 2.45) is 5.92 Å². The Morgan fingerprint density at radius 2 is 2.31 bits per heavy atom. The van der Waals surface area contributed by atoms with Crippen LogP contribution >= 0.6 is 0 Å². The van der Waals surface area contributed by atoms with E-state index in [2.05, 4.69) is 24.1 Å². The van der Waals surface area contributed by atoms with Crippen molar-refractivity contribution in [1.82, 2.24) is 10.2 Å². The van der Waals surface area contributed by atoms with Crippen LogP contribution in [0.25, 0.3) is 0 Å². The molecule has 2 aliphatic heterocycles. The molecule has 2 fully saturated rings.